The van der Waals surface area contributed by atoms with E-state index in [1.165, 1.54) is 0 Å². The second-order valence-electron chi connectivity index (χ2n) is 6.17. The topological polar surface area (TPSA) is 70.2 Å². The molecule has 2 rings (SSSR count). The molecule has 1 atom stereocenters. The minimum absolute atomic E-state index is 0.0121. The Morgan fingerprint density at radius 1 is 1.18 bits per heavy atom. The molecule has 120 valence electrons. The molecule has 1 fully saturated rings. The number of hydrogen-bond acceptors (Lipinski definition) is 3. The van der Waals surface area contributed by atoms with Gasteiger partial charge in [0.15, 0.2) is 0 Å². The normalized spacial score (nSPS) is 17.5. The smallest absolute Gasteiger partial charge is 0.226 e. The Labute approximate surface area is 131 Å². The highest BCUT2D eigenvalue weighted by molar-refractivity contribution is 5.93. The summed E-state index contributed by atoms with van der Waals surface area (Å²) in [6, 6.07) is 7.23. The van der Waals surface area contributed by atoms with Gasteiger partial charge in [0, 0.05) is 23.7 Å². The van der Waals surface area contributed by atoms with E-state index in [2.05, 4.69) is 16.0 Å². The highest BCUT2D eigenvalue weighted by Crippen LogP contribution is 2.17. The molecule has 1 saturated heterocycles. The van der Waals surface area contributed by atoms with Gasteiger partial charge in [-0.1, -0.05) is 13.8 Å². The van der Waals surface area contributed by atoms with Gasteiger partial charge in [-0.05, 0) is 56.1 Å². The first kappa shape index (κ1) is 16.5. The molecule has 22 heavy (non-hydrogen) atoms. The van der Waals surface area contributed by atoms with Crippen LogP contribution in [0.4, 0.5) is 11.4 Å². The van der Waals surface area contributed by atoms with E-state index in [1.807, 2.05) is 26.0 Å². The largest absolute Gasteiger partial charge is 0.326 e. The molecule has 0 radical (unpaired) electrons. The molecule has 0 saturated carbocycles. The zero-order chi connectivity index (χ0) is 15.9. The molecule has 1 aliphatic heterocycles. The lowest BCUT2D eigenvalue weighted by Crippen LogP contribution is -2.18. The van der Waals surface area contributed by atoms with Crippen molar-refractivity contribution >= 4 is 23.2 Å². The Hall–Kier alpha value is -1.88. The quantitative estimate of drug-likeness (QED) is 0.756. The molecular formula is C17H25N3O2. The van der Waals surface area contributed by atoms with E-state index in [0.717, 1.165) is 37.3 Å². The van der Waals surface area contributed by atoms with E-state index < -0.39 is 0 Å². The number of anilines is 2. The van der Waals surface area contributed by atoms with Gasteiger partial charge in [-0.3, -0.25) is 9.59 Å². The van der Waals surface area contributed by atoms with Crippen LogP contribution in [0.2, 0.25) is 0 Å². The van der Waals surface area contributed by atoms with E-state index in [9.17, 15) is 9.59 Å². The van der Waals surface area contributed by atoms with Crippen molar-refractivity contribution < 1.29 is 9.59 Å². The Morgan fingerprint density at radius 2 is 1.82 bits per heavy atom. The summed E-state index contributed by atoms with van der Waals surface area (Å²) in [7, 11) is 0. The van der Waals surface area contributed by atoms with Crippen LogP contribution in [-0.4, -0.2) is 24.9 Å². The molecule has 5 nitrogen and oxygen atoms in total. The van der Waals surface area contributed by atoms with Crippen LogP contribution in [0.25, 0.3) is 0 Å². The average molecular weight is 303 g/mol. The van der Waals surface area contributed by atoms with Crippen LogP contribution in [0.1, 0.15) is 33.1 Å². The lowest BCUT2D eigenvalue weighted by molar-refractivity contribution is -0.119. The van der Waals surface area contributed by atoms with Crippen molar-refractivity contribution in [3.8, 4) is 0 Å². The van der Waals surface area contributed by atoms with Gasteiger partial charge in [0.05, 0.1) is 0 Å². The van der Waals surface area contributed by atoms with Crippen LogP contribution < -0.4 is 16.0 Å². The van der Waals surface area contributed by atoms with Crippen molar-refractivity contribution in [2.75, 3.05) is 23.7 Å². The van der Waals surface area contributed by atoms with Crippen molar-refractivity contribution in [2.45, 2.75) is 33.1 Å². The van der Waals surface area contributed by atoms with E-state index in [-0.39, 0.29) is 17.7 Å². The molecule has 0 bridgehead atoms. The van der Waals surface area contributed by atoms with E-state index >= 15 is 0 Å². The second-order valence-corrected chi connectivity index (χ2v) is 6.17. The number of benzene rings is 1. The lowest BCUT2D eigenvalue weighted by atomic mass is 10.0. The first-order valence-corrected chi connectivity index (χ1v) is 7.96. The highest BCUT2D eigenvalue weighted by Gasteiger charge is 2.15. The number of carbonyl (C=O) groups is 2. The third-order valence-corrected chi connectivity index (χ3v) is 3.90. The monoisotopic (exact) mass is 303 g/mol. The fraction of sp³-hybridized carbons (Fsp3) is 0.529. The fourth-order valence-electron chi connectivity index (χ4n) is 2.44. The van der Waals surface area contributed by atoms with E-state index in [0.29, 0.717) is 12.3 Å². The van der Waals surface area contributed by atoms with Crippen molar-refractivity contribution in [3.63, 3.8) is 0 Å². The van der Waals surface area contributed by atoms with Crippen LogP contribution in [-0.2, 0) is 9.59 Å². The molecule has 3 N–H and O–H groups in total. The Morgan fingerprint density at radius 3 is 2.36 bits per heavy atom. The molecule has 0 aliphatic carbocycles. The maximum atomic E-state index is 11.9. The summed E-state index contributed by atoms with van der Waals surface area (Å²) >= 11 is 0. The molecule has 1 aromatic rings. The summed E-state index contributed by atoms with van der Waals surface area (Å²) in [6.07, 6.45) is 2.65. The Balaban J connectivity index is 1.77. The van der Waals surface area contributed by atoms with Gasteiger partial charge in [-0.25, -0.2) is 0 Å². The Bertz CT molecular complexity index is 505. The number of hydrogen-bond donors (Lipinski definition) is 3. The summed E-state index contributed by atoms with van der Waals surface area (Å²) in [5, 5.41) is 9.03. The summed E-state index contributed by atoms with van der Waals surface area (Å²) in [4.78, 5) is 23.5. The van der Waals surface area contributed by atoms with Gasteiger partial charge in [0.1, 0.15) is 0 Å². The van der Waals surface area contributed by atoms with Crippen molar-refractivity contribution in [2.24, 2.45) is 11.8 Å². The van der Waals surface area contributed by atoms with Gasteiger partial charge < -0.3 is 16.0 Å². The van der Waals surface area contributed by atoms with Crippen molar-refractivity contribution in [1.82, 2.24) is 5.32 Å². The Kier molecular flexibility index (Phi) is 5.95. The summed E-state index contributed by atoms with van der Waals surface area (Å²) in [5.41, 5.74) is 1.51. The van der Waals surface area contributed by atoms with Gasteiger partial charge >= 0.3 is 0 Å². The highest BCUT2D eigenvalue weighted by atomic mass is 16.2. The van der Waals surface area contributed by atoms with Crippen molar-refractivity contribution in [1.29, 1.82) is 0 Å². The summed E-state index contributed by atoms with van der Waals surface area (Å²) in [5.74, 6) is 0.608. The average Bonchev–Trinajstić information content (AvgIpc) is 3.00. The zero-order valence-electron chi connectivity index (χ0n) is 13.3. The third-order valence-electron chi connectivity index (χ3n) is 3.90. The first-order chi connectivity index (χ1) is 10.5. The van der Waals surface area contributed by atoms with E-state index in [1.54, 1.807) is 12.1 Å². The molecular weight excluding hydrogens is 278 g/mol. The number of nitrogens with one attached hydrogen (secondary N) is 3. The lowest BCUT2D eigenvalue weighted by Gasteiger charge is -2.10. The van der Waals surface area contributed by atoms with Crippen molar-refractivity contribution in [3.05, 3.63) is 24.3 Å². The number of rotatable bonds is 6. The predicted octanol–water partition coefficient (Wildman–Crippen LogP) is 2.61. The predicted molar refractivity (Wildman–Crippen MR) is 88.8 cm³/mol. The molecule has 5 heteroatoms. The third kappa shape index (κ3) is 5.15. The molecule has 0 spiro atoms. The standard InChI is InChI=1S/C17H25N3O2/c1-12(2)17(22)20-15-6-4-14(5-7-15)19-16(21)8-3-13-9-10-18-11-13/h4-7,12-13,18H,3,8-11H2,1-2H3,(H,19,21)(H,20,22). The second kappa shape index (κ2) is 7.94. The van der Waals surface area contributed by atoms with E-state index in [4.69, 9.17) is 0 Å². The van der Waals surface area contributed by atoms with Crippen LogP contribution in [0.5, 0.6) is 0 Å². The van der Waals surface area contributed by atoms with Crippen LogP contribution >= 0.6 is 0 Å². The minimum Gasteiger partial charge on any atom is -0.326 e. The number of carbonyl (C=O) groups excluding carboxylic acids is 2. The van der Waals surface area contributed by atoms with Gasteiger partial charge in [0.2, 0.25) is 11.8 Å². The molecule has 1 heterocycles. The van der Waals surface area contributed by atoms with Crippen LogP contribution in [0.3, 0.4) is 0 Å². The zero-order valence-corrected chi connectivity index (χ0v) is 13.3. The summed E-state index contributed by atoms with van der Waals surface area (Å²) < 4.78 is 0. The molecule has 1 unspecified atom stereocenters. The van der Waals surface area contributed by atoms with Crippen LogP contribution in [0.15, 0.2) is 24.3 Å². The van der Waals surface area contributed by atoms with Gasteiger partial charge in [-0.15, -0.1) is 0 Å². The maximum absolute atomic E-state index is 11.9. The van der Waals surface area contributed by atoms with Gasteiger partial charge in [0.25, 0.3) is 0 Å². The SMILES string of the molecule is CC(C)C(=O)Nc1ccc(NC(=O)CCC2CCNC2)cc1. The van der Waals surface area contributed by atoms with Crippen LogP contribution in [0, 0.1) is 11.8 Å². The molecule has 2 amide bonds. The molecule has 0 aromatic heterocycles. The minimum atomic E-state index is -0.0514. The maximum Gasteiger partial charge on any atom is 0.226 e. The first-order valence-electron chi connectivity index (χ1n) is 7.96. The fourth-order valence-corrected chi connectivity index (χ4v) is 2.44. The molecule has 1 aromatic carbocycles. The van der Waals surface area contributed by atoms with Gasteiger partial charge in [-0.2, -0.15) is 0 Å². The summed E-state index contributed by atoms with van der Waals surface area (Å²) in [6.45, 7) is 5.79. The number of amides is 2. The molecule has 1 aliphatic rings.